The lowest BCUT2D eigenvalue weighted by molar-refractivity contribution is 0.133. The van der Waals surface area contributed by atoms with Crippen LogP contribution in [0.4, 0.5) is 0 Å². The van der Waals surface area contributed by atoms with Gasteiger partial charge in [0.25, 0.3) is 0 Å². The van der Waals surface area contributed by atoms with Crippen molar-refractivity contribution >= 4 is 11.6 Å². The molecule has 1 aliphatic heterocycles. The van der Waals surface area contributed by atoms with Crippen LogP contribution < -0.4 is 10.5 Å². The van der Waals surface area contributed by atoms with Crippen LogP contribution in [-0.4, -0.2) is 56.2 Å². The molecule has 0 amide bonds. The lowest BCUT2D eigenvalue weighted by Gasteiger charge is -2.32. The molecular weight excluding hydrogens is 274 g/mol. The first-order valence-electron chi connectivity index (χ1n) is 7.15. The summed E-state index contributed by atoms with van der Waals surface area (Å²) in [5.41, 5.74) is 6.93. The number of hydrogen-bond donors (Lipinski definition) is 1. The molecule has 0 bridgehead atoms. The number of ether oxygens (including phenoxy) is 1. The normalized spacial score (nSPS) is 19.0. The van der Waals surface area contributed by atoms with Crippen molar-refractivity contribution in [2.45, 2.75) is 13.0 Å². The van der Waals surface area contributed by atoms with Gasteiger partial charge >= 0.3 is 0 Å². The first kappa shape index (κ1) is 15.6. The summed E-state index contributed by atoms with van der Waals surface area (Å²) >= 11 is 6.01. The summed E-state index contributed by atoms with van der Waals surface area (Å²) in [5.74, 6) is 0.846. The van der Waals surface area contributed by atoms with E-state index in [0.29, 0.717) is 11.6 Å². The summed E-state index contributed by atoms with van der Waals surface area (Å²) in [6.45, 7) is 8.07. The highest BCUT2D eigenvalue weighted by atomic mass is 35.5. The maximum Gasteiger partial charge on any atom is 0.124 e. The number of likely N-dealkylation sites (N-methyl/N-ethyl adjacent to an activating group) is 1. The molecule has 1 atom stereocenters. The zero-order valence-electron chi connectivity index (χ0n) is 12.3. The second-order valence-electron chi connectivity index (χ2n) is 5.46. The Hall–Kier alpha value is -0.810. The van der Waals surface area contributed by atoms with Crippen LogP contribution in [0.1, 0.15) is 18.5 Å². The molecule has 1 heterocycles. The number of benzene rings is 1. The van der Waals surface area contributed by atoms with Gasteiger partial charge in [0.1, 0.15) is 12.4 Å². The molecule has 4 nitrogen and oxygen atoms in total. The van der Waals surface area contributed by atoms with Gasteiger partial charge in [0.05, 0.1) is 0 Å². The van der Waals surface area contributed by atoms with Crippen LogP contribution in [0.25, 0.3) is 0 Å². The highest BCUT2D eigenvalue weighted by Gasteiger charge is 2.14. The van der Waals surface area contributed by atoms with Crippen LogP contribution in [0.15, 0.2) is 18.2 Å². The standard InChI is InChI=1S/C15H24ClN3O/c1-12(17)14-11-13(16)3-4-15(14)20-10-9-19-7-5-18(2)6-8-19/h3-4,11-12H,5-10,17H2,1-2H3/t12-/m0/s1. The lowest BCUT2D eigenvalue weighted by atomic mass is 10.1. The summed E-state index contributed by atoms with van der Waals surface area (Å²) in [5, 5.41) is 0.698. The van der Waals surface area contributed by atoms with Crippen molar-refractivity contribution in [3.63, 3.8) is 0 Å². The van der Waals surface area contributed by atoms with Crippen molar-refractivity contribution in [2.24, 2.45) is 5.73 Å². The Bertz CT molecular complexity index is 431. The largest absolute Gasteiger partial charge is 0.492 e. The van der Waals surface area contributed by atoms with Crippen LogP contribution in [0.3, 0.4) is 0 Å². The second kappa shape index (κ2) is 7.27. The molecule has 1 aromatic rings. The third kappa shape index (κ3) is 4.35. The predicted molar refractivity (Wildman–Crippen MR) is 83.5 cm³/mol. The van der Waals surface area contributed by atoms with E-state index in [-0.39, 0.29) is 6.04 Å². The molecule has 2 rings (SSSR count). The Labute approximate surface area is 126 Å². The molecule has 0 unspecified atom stereocenters. The van der Waals surface area contributed by atoms with Crippen LogP contribution in [0.5, 0.6) is 5.75 Å². The van der Waals surface area contributed by atoms with Gasteiger partial charge in [-0.25, -0.2) is 0 Å². The van der Waals surface area contributed by atoms with E-state index < -0.39 is 0 Å². The topological polar surface area (TPSA) is 41.7 Å². The van der Waals surface area contributed by atoms with Gasteiger partial charge in [0, 0.05) is 49.4 Å². The van der Waals surface area contributed by atoms with Gasteiger partial charge in [-0.05, 0) is 32.2 Å². The van der Waals surface area contributed by atoms with Gasteiger partial charge in [-0.1, -0.05) is 11.6 Å². The molecule has 0 aromatic heterocycles. The number of rotatable bonds is 5. The van der Waals surface area contributed by atoms with Crippen LogP contribution in [0, 0.1) is 0 Å². The SMILES string of the molecule is C[C@H](N)c1cc(Cl)ccc1OCCN1CCN(C)CC1. The zero-order valence-corrected chi connectivity index (χ0v) is 13.1. The predicted octanol–water partition coefficient (Wildman–Crippen LogP) is 1.99. The quantitative estimate of drug-likeness (QED) is 0.902. The van der Waals surface area contributed by atoms with Gasteiger partial charge in [0.2, 0.25) is 0 Å². The molecule has 1 aliphatic rings. The van der Waals surface area contributed by atoms with Crippen LogP contribution in [0.2, 0.25) is 5.02 Å². The summed E-state index contributed by atoms with van der Waals surface area (Å²) in [6, 6.07) is 5.56. The third-order valence-electron chi connectivity index (χ3n) is 3.72. The Balaban J connectivity index is 1.85. The van der Waals surface area contributed by atoms with Crippen LogP contribution in [-0.2, 0) is 0 Å². The van der Waals surface area contributed by atoms with Gasteiger partial charge in [0.15, 0.2) is 0 Å². The molecule has 1 fully saturated rings. The maximum atomic E-state index is 6.01. The second-order valence-corrected chi connectivity index (χ2v) is 5.90. The van der Waals surface area contributed by atoms with Crippen molar-refractivity contribution in [3.8, 4) is 5.75 Å². The zero-order chi connectivity index (χ0) is 14.5. The molecule has 112 valence electrons. The molecule has 0 spiro atoms. The number of halogens is 1. The minimum Gasteiger partial charge on any atom is -0.492 e. The first-order chi connectivity index (χ1) is 9.56. The number of nitrogens with zero attached hydrogens (tertiary/aromatic N) is 2. The van der Waals surface area contributed by atoms with Crippen molar-refractivity contribution in [1.82, 2.24) is 9.80 Å². The highest BCUT2D eigenvalue weighted by Crippen LogP contribution is 2.27. The molecule has 1 saturated heterocycles. The smallest absolute Gasteiger partial charge is 0.124 e. The van der Waals surface area contributed by atoms with Gasteiger partial charge < -0.3 is 15.4 Å². The Morgan fingerprint density at radius 3 is 2.65 bits per heavy atom. The highest BCUT2D eigenvalue weighted by molar-refractivity contribution is 6.30. The molecule has 0 radical (unpaired) electrons. The van der Waals surface area contributed by atoms with E-state index in [1.54, 1.807) is 0 Å². The number of hydrogen-bond acceptors (Lipinski definition) is 4. The summed E-state index contributed by atoms with van der Waals surface area (Å²) in [7, 11) is 2.16. The van der Waals surface area contributed by atoms with Crippen molar-refractivity contribution in [3.05, 3.63) is 28.8 Å². The average Bonchev–Trinajstić information content (AvgIpc) is 2.42. The van der Waals surface area contributed by atoms with Gasteiger partial charge in [-0.2, -0.15) is 0 Å². The molecule has 5 heteroatoms. The van der Waals surface area contributed by atoms with Gasteiger partial charge in [-0.3, -0.25) is 4.90 Å². The minimum atomic E-state index is -0.0765. The Morgan fingerprint density at radius 2 is 2.00 bits per heavy atom. The third-order valence-corrected chi connectivity index (χ3v) is 3.96. The van der Waals surface area contributed by atoms with Crippen molar-refractivity contribution in [2.75, 3.05) is 46.4 Å². The number of nitrogens with two attached hydrogens (primary N) is 1. The van der Waals surface area contributed by atoms with E-state index in [1.165, 1.54) is 0 Å². The van der Waals surface area contributed by atoms with Crippen LogP contribution >= 0.6 is 11.6 Å². The van der Waals surface area contributed by atoms with Gasteiger partial charge in [-0.15, -0.1) is 0 Å². The molecular formula is C15H24ClN3O. The maximum absolute atomic E-state index is 6.01. The fraction of sp³-hybridized carbons (Fsp3) is 0.600. The van der Waals surface area contributed by atoms with E-state index >= 15 is 0 Å². The van der Waals surface area contributed by atoms with E-state index in [4.69, 9.17) is 22.1 Å². The van der Waals surface area contributed by atoms with E-state index in [0.717, 1.165) is 44.0 Å². The first-order valence-corrected chi connectivity index (χ1v) is 7.53. The molecule has 0 saturated carbocycles. The molecule has 2 N–H and O–H groups in total. The molecule has 20 heavy (non-hydrogen) atoms. The minimum absolute atomic E-state index is 0.0765. The van der Waals surface area contributed by atoms with E-state index in [2.05, 4.69) is 16.8 Å². The summed E-state index contributed by atoms with van der Waals surface area (Å²) in [6.07, 6.45) is 0. The lowest BCUT2D eigenvalue weighted by Crippen LogP contribution is -2.45. The average molecular weight is 298 g/mol. The van der Waals surface area contributed by atoms with E-state index in [1.807, 2.05) is 25.1 Å². The fourth-order valence-electron chi connectivity index (χ4n) is 2.36. The summed E-state index contributed by atoms with van der Waals surface area (Å²) < 4.78 is 5.89. The Kier molecular flexibility index (Phi) is 5.66. The monoisotopic (exact) mass is 297 g/mol. The molecule has 1 aromatic carbocycles. The summed E-state index contributed by atoms with van der Waals surface area (Å²) in [4.78, 5) is 4.78. The van der Waals surface area contributed by atoms with E-state index in [9.17, 15) is 0 Å². The van der Waals surface area contributed by atoms with Crippen molar-refractivity contribution < 1.29 is 4.74 Å². The van der Waals surface area contributed by atoms with Crippen molar-refractivity contribution in [1.29, 1.82) is 0 Å². The Morgan fingerprint density at radius 1 is 1.30 bits per heavy atom. The molecule has 0 aliphatic carbocycles. The fourth-order valence-corrected chi connectivity index (χ4v) is 2.54. The number of piperazine rings is 1.